The molecular weight excluding hydrogens is 330 g/mol. The zero-order valence-corrected chi connectivity index (χ0v) is 14.4. The van der Waals surface area contributed by atoms with Gasteiger partial charge in [0.2, 0.25) is 12.7 Å². The third kappa shape index (κ3) is 3.83. The van der Waals surface area contributed by atoms with Gasteiger partial charge < -0.3 is 20.1 Å². The van der Waals surface area contributed by atoms with Crippen LogP contribution in [0.4, 0.5) is 11.8 Å². The average molecular weight is 349 g/mol. The summed E-state index contributed by atoms with van der Waals surface area (Å²) in [6, 6.07) is 13.6. The van der Waals surface area contributed by atoms with Crippen LogP contribution in [0.25, 0.3) is 0 Å². The number of ether oxygens (including phenoxy) is 2. The zero-order valence-electron chi connectivity index (χ0n) is 14.4. The SMILES string of the molecule is Cc1cc(NCc2ccccn2)nc(NCc2ccc3c(c2)OCO3)n1. The summed E-state index contributed by atoms with van der Waals surface area (Å²) in [5, 5.41) is 6.54. The number of nitrogens with one attached hydrogen (secondary N) is 2. The van der Waals surface area contributed by atoms with Gasteiger partial charge in [0.25, 0.3) is 0 Å². The zero-order chi connectivity index (χ0) is 17.8. The van der Waals surface area contributed by atoms with Crippen molar-refractivity contribution in [2.24, 2.45) is 0 Å². The Morgan fingerprint density at radius 2 is 1.88 bits per heavy atom. The Morgan fingerprint density at radius 1 is 0.962 bits per heavy atom. The highest BCUT2D eigenvalue weighted by molar-refractivity contribution is 5.46. The number of hydrogen-bond acceptors (Lipinski definition) is 7. The smallest absolute Gasteiger partial charge is 0.231 e. The number of nitrogens with zero attached hydrogens (tertiary/aromatic N) is 3. The van der Waals surface area contributed by atoms with Crippen LogP contribution in [0.3, 0.4) is 0 Å². The maximum Gasteiger partial charge on any atom is 0.231 e. The maximum atomic E-state index is 5.41. The monoisotopic (exact) mass is 349 g/mol. The molecule has 4 rings (SSSR count). The van der Waals surface area contributed by atoms with E-state index in [0.29, 0.717) is 19.0 Å². The van der Waals surface area contributed by atoms with E-state index in [1.807, 2.05) is 49.4 Å². The predicted molar refractivity (Wildman–Crippen MR) is 98.2 cm³/mol. The van der Waals surface area contributed by atoms with Crippen molar-refractivity contribution >= 4 is 11.8 Å². The van der Waals surface area contributed by atoms with Crippen LogP contribution in [-0.4, -0.2) is 21.7 Å². The first kappa shape index (κ1) is 16.1. The van der Waals surface area contributed by atoms with Gasteiger partial charge >= 0.3 is 0 Å². The number of benzene rings is 1. The molecule has 2 aromatic heterocycles. The van der Waals surface area contributed by atoms with Crippen molar-refractivity contribution in [2.75, 3.05) is 17.4 Å². The number of hydrogen-bond donors (Lipinski definition) is 2. The van der Waals surface area contributed by atoms with Gasteiger partial charge in [-0.15, -0.1) is 0 Å². The van der Waals surface area contributed by atoms with E-state index >= 15 is 0 Å². The standard InChI is InChI=1S/C19H19N5O2/c1-13-8-18(21-11-15-4-2-3-7-20-15)24-19(23-13)22-10-14-5-6-16-17(9-14)26-12-25-16/h2-9H,10-12H2,1H3,(H2,21,22,23,24). The molecule has 7 heteroatoms. The number of pyridine rings is 1. The van der Waals surface area contributed by atoms with Gasteiger partial charge in [0, 0.05) is 24.5 Å². The van der Waals surface area contributed by atoms with Crippen LogP contribution in [-0.2, 0) is 13.1 Å². The summed E-state index contributed by atoms with van der Waals surface area (Å²) < 4.78 is 10.7. The van der Waals surface area contributed by atoms with E-state index in [9.17, 15) is 0 Å². The van der Waals surface area contributed by atoms with Crippen molar-refractivity contribution < 1.29 is 9.47 Å². The van der Waals surface area contributed by atoms with Crippen LogP contribution in [0.1, 0.15) is 17.0 Å². The van der Waals surface area contributed by atoms with Crippen molar-refractivity contribution in [3.63, 3.8) is 0 Å². The van der Waals surface area contributed by atoms with Gasteiger partial charge in [0.1, 0.15) is 5.82 Å². The topological polar surface area (TPSA) is 81.2 Å². The molecule has 0 saturated carbocycles. The first-order valence-electron chi connectivity index (χ1n) is 8.38. The second kappa shape index (κ2) is 7.26. The summed E-state index contributed by atoms with van der Waals surface area (Å²) in [5.74, 6) is 2.89. The van der Waals surface area contributed by atoms with Crippen molar-refractivity contribution in [3.05, 3.63) is 65.6 Å². The van der Waals surface area contributed by atoms with Gasteiger partial charge in [0.05, 0.1) is 12.2 Å². The van der Waals surface area contributed by atoms with Crippen LogP contribution in [0.2, 0.25) is 0 Å². The summed E-state index contributed by atoms with van der Waals surface area (Å²) >= 11 is 0. The van der Waals surface area contributed by atoms with Crippen LogP contribution in [0.15, 0.2) is 48.7 Å². The summed E-state index contributed by atoms with van der Waals surface area (Å²) in [5.41, 5.74) is 2.91. The Hall–Kier alpha value is -3.35. The highest BCUT2D eigenvalue weighted by Gasteiger charge is 2.13. The van der Waals surface area contributed by atoms with E-state index in [0.717, 1.165) is 34.3 Å². The minimum Gasteiger partial charge on any atom is -0.454 e. The summed E-state index contributed by atoms with van der Waals surface area (Å²) in [6.07, 6.45) is 1.78. The van der Waals surface area contributed by atoms with Crippen molar-refractivity contribution in [3.8, 4) is 11.5 Å². The normalized spacial score (nSPS) is 12.0. The van der Waals surface area contributed by atoms with E-state index in [-0.39, 0.29) is 6.79 Å². The highest BCUT2D eigenvalue weighted by Crippen LogP contribution is 2.32. The molecule has 0 fully saturated rings. The Balaban J connectivity index is 1.41. The lowest BCUT2D eigenvalue weighted by atomic mass is 10.2. The number of anilines is 2. The van der Waals surface area contributed by atoms with E-state index in [4.69, 9.17) is 9.47 Å². The maximum absolute atomic E-state index is 5.41. The van der Waals surface area contributed by atoms with Crippen LogP contribution in [0, 0.1) is 6.92 Å². The molecule has 1 aliphatic rings. The second-order valence-electron chi connectivity index (χ2n) is 5.93. The fourth-order valence-corrected chi connectivity index (χ4v) is 2.65. The lowest BCUT2D eigenvalue weighted by molar-refractivity contribution is 0.174. The minimum atomic E-state index is 0.276. The minimum absolute atomic E-state index is 0.276. The molecule has 0 amide bonds. The van der Waals surface area contributed by atoms with Gasteiger partial charge in [-0.3, -0.25) is 4.98 Å². The highest BCUT2D eigenvalue weighted by atomic mass is 16.7. The molecule has 0 radical (unpaired) electrons. The van der Waals surface area contributed by atoms with E-state index in [1.54, 1.807) is 6.20 Å². The summed E-state index contributed by atoms with van der Waals surface area (Å²) in [4.78, 5) is 13.3. The van der Waals surface area contributed by atoms with Gasteiger partial charge in [-0.25, -0.2) is 4.98 Å². The quantitative estimate of drug-likeness (QED) is 0.707. The fraction of sp³-hybridized carbons (Fsp3) is 0.211. The number of fused-ring (bicyclic) bond motifs is 1. The lowest BCUT2D eigenvalue weighted by Crippen LogP contribution is -2.08. The van der Waals surface area contributed by atoms with Gasteiger partial charge in [-0.1, -0.05) is 12.1 Å². The molecule has 0 unspecified atom stereocenters. The van der Waals surface area contributed by atoms with E-state index in [1.165, 1.54) is 0 Å². The lowest BCUT2D eigenvalue weighted by Gasteiger charge is -2.10. The Kier molecular flexibility index (Phi) is 4.51. The molecule has 26 heavy (non-hydrogen) atoms. The molecule has 1 aromatic carbocycles. The van der Waals surface area contributed by atoms with Gasteiger partial charge in [0.15, 0.2) is 11.5 Å². The second-order valence-corrected chi connectivity index (χ2v) is 5.93. The molecule has 132 valence electrons. The van der Waals surface area contributed by atoms with Gasteiger partial charge in [-0.2, -0.15) is 4.98 Å². The summed E-state index contributed by atoms with van der Waals surface area (Å²) in [6.45, 7) is 3.43. The third-order valence-corrected chi connectivity index (χ3v) is 3.92. The largest absolute Gasteiger partial charge is 0.454 e. The molecule has 0 saturated heterocycles. The first-order chi connectivity index (χ1) is 12.8. The predicted octanol–water partition coefficient (Wildman–Crippen LogP) is 3.13. The molecule has 1 aliphatic heterocycles. The van der Waals surface area contributed by atoms with E-state index < -0.39 is 0 Å². The number of aryl methyl sites for hydroxylation is 1. The molecule has 2 N–H and O–H groups in total. The molecule has 0 atom stereocenters. The Labute approximate surface area is 151 Å². The summed E-state index contributed by atoms with van der Waals surface area (Å²) in [7, 11) is 0. The van der Waals surface area contributed by atoms with Gasteiger partial charge in [-0.05, 0) is 36.8 Å². The number of aromatic nitrogens is 3. The van der Waals surface area contributed by atoms with Crippen LogP contribution in [0.5, 0.6) is 11.5 Å². The molecule has 7 nitrogen and oxygen atoms in total. The van der Waals surface area contributed by atoms with Crippen molar-refractivity contribution in [1.82, 2.24) is 15.0 Å². The molecule has 3 heterocycles. The Morgan fingerprint density at radius 3 is 2.77 bits per heavy atom. The van der Waals surface area contributed by atoms with Crippen LogP contribution >= 0.6 is 0 Å². The average Bonchev–Trinajstić information content (AvgIpc) is 3.13. The molecular formula is C19H19N5O2. The number of rotatable bonds is 6. The van der Waals surface area contributed by atoms with Crippen LogP contribution < -0.4 is 20.1 Å². The fourth-order valence-electron chi connectivity index (χ4n) is 2.65. The molecule has 3 aromatic rings. The molecule has 0 aliphatic carbocycles. The Bertz CT molecular complexity index is 902. The van der Waals surface area contributed by atoms with Crippen molar-refractivity contribution in [1.29, 1.82) is 0 Å². The van der Waals surface area contributed by atoms with Crippen molar-refractivity contribution in [2.45, 2.75) is 20.0 Å². The molecule has 0 spiro atoms. The first-order valence-corrected chi connectivity index (χ1v) is 8.38. The van der Waals surface area contributed by atoms with E-state index in [2.05, 4.69) is 25.6 Å². The molecule has 0 bridgehead atoms. The third-order valence-electron chi connectivity index (χ3n) is 3.92.